The van der Waals surface area contributed by atoms with Gasteiger partial charge >= 0.3 is 0 Å². The summed E-state index contributed by atoms with van der Waals surface area (Å²) in [6, 6.07) is 23.7. The molecule has 0 unspecified atom stereocenters. The number of rotatable bonds is 8. The maximum Gasteiger partial charge on any atom is 0.279 e. The molecule has 10 nitrogen and oxygen atoms in total. The number of pyridine rings is 1. The van der Waals surface area contributed by atoms with Crippen molar-refractivity contribution in [3.63, 3.8) is 0 Å². The van der Waals surface area contributed by atoms with Gasteiger partial charge in [0.15, 0.2) is 0 Å². The van der Waals surface area contributed by atoms with Crippen molar-refractivity contribution in [1.82, 2.24) is 23.9 Å². The van der Waals surface area contributed by atoms with Gasteiger partial charge in [-0.25, -0.2) is 13.8 Å². The molecule has 5 heterocycles. The SMILES string of the molecule is Cn1c(-c2cc(Cl)ccc2C(=O)N2Cc3ccccc3C[C@H]2CN2CCOCC2)cc(C(=O)N(c2ccc(O)cc2)c2cnc3c(ccn3C)c2)c1C(F)F. The van der Waals surface area contributed by atoms with Gasteiger partial charge in [-0.3, -0.25) is 19.4 Å². The van der Waals surface area contributed by atoms with Crippen LogP contribution in [0.15, 0.2) is 97.3 Å². The summed E-state index contributed by atoms with van der Waals surface area (Å²) in [5, 5.41) is 11.1. The van der Waals surface area contributed by atoms with Crippen molar-refractivity contribution in [2.75, 3.05) is 37.7 Å². The Morgan fingerprint density at radius 1 is 0.945 bits per heavy atom. The Labute approximate surface area is 321 Å². The van der Waals surface area contributed by atoms with Crippen LogP contribution < -0.4 is 4.90 Å². The van der Waals surface area contributed by atoms with Crippen LogP contribution in [0.3, 0.4) is 0 Å². The number of amides is 2. The predicted octanol–water partition coefficient (Wildman–Crippen LogP) is 7.75. The lowest BCUT2D eigenvalue weighted by atomic mass is 9.92. The van der Waals surface area contributed by atoms with Crippen molar-refractivity contribution >= 4 is 45.8 Å². The number of fused-ring (bicyclic) bond motifs is 2. The molecule has 55 heavy (non-hydrogen) atoms. The Bertz CT molecular complexity index is 2410. The number of carbonyl (C=O) groups is 2. The molecule has 2 aliphatic heterocycles. The molecule has 3 aromatic heterocycles. The standard InChI is InChI=1S/C42H39ClF2N6O4/c1-47-14-13-27-20-31(23-46-40(27)47)51(30-8-10-33(52)11-9-30)42(54)36-22-37(48(2)38(36)39(44)45)35-21-29(43)7-12-34(35)41(53)50-24-28-6-4-3-5-26(28)19-32(50)25-49-15-17-55-18-16-49/h3-14,20-23,32,39,52H,15-19,24-25H2,1-2H3/t32-/m0/s1. The maximum atomic E-state index is 15.2. The molecule has 0 aliphatic carbocycles. The summed E-state index contributed by atoms with van der Waals surface area (Å²) < 4.78 is 39.1. The number of hydrogen-bond acceptors (Lipinski definition) is 6. The number of phenolic OH excluding ortho intramolecular Hbond substituents is 1. The molecule has 0 spiro atoms. The lowest BCUT2D eigenvalue weighted by Gasteiger charge is -2.40. The molecule has 1 saturated heterocycles. The number of ether oxygens (including phenoxy) is 1. The smallest absolute Gasteiger partial charge is 0.279 e. The van der Waals surface area contributed by atoms with Crippen LogP contribution in [-0.2, 0) is 31.8 Å². The Hall–Kier alpha value is -5.56. The van der Waals surface area contributed by atoms with Gasteiger partial charge in [0.2, 0.25) is 0 Å². The fourth-order valence-electron chi connectivity index (χ4n) is 7.82. The summed E-state index contributed by atoms with van der Waals surface area (Å²) in [6.07, 6.45) is 0.960. The molecule has 1 fully saturated rings. The Kier molecular flexibility index (Phi) is 9.89. The van der Waals surface area contributed by atoms with E-state index >= 15 is 8.78 Å². The van der Waals surface area contributed by atoms with Crippen molar-refractivity contribution in [2.45, 2.75) is 25.4 Å². The van der Waals surface area contributed by atoms with Gasteiger partial charge in [-0.05, 0) is 78.2 Å². The number of anilines is 2. The number of nitrogens with zero attached hydrogens (tertiary/aromatic N) is 6. The molecule has 3 aromatic carbocycles. The summed E-state index contributed by atoms with van der Waals surface area (Å²) in [7, 11) is 3.31. The van der Waals surface area contributed by atoms with Crippen molar-refractivity contribution in [1.29, 1.82) is 0 Å². The van der Waals surface area contributed by atoms with Gasteiger partial charge in [0, 0.05) is 85.4 Å². The minimum Gasteiger partial charge on any atom is -0.508 e. The number of aromatic nitrogens is 3. The normalized spacial score (nSPS) is 16.1. The molecular formula is C42H39ClF2N6O4. The second-order valence-electron chi connectivity index (χ2n) is 14.0. The van der Waals surface area contributed by atoms with Crippen LogP contribution in [0.25, 0.3) is 22.3 Å². The number of aryl methyl sites for hydroxylation is 1. The highest BCUT2D eigenvalue weighted by atomic mass is 35.5. The van der Waals surface area contributed by atoms with E-state index in [1.54, 1.807) is 24.3 Å². The summed E-state index contributed by atoms with van der Waals surface area (Å²) >= 11 is 6.57. The first-order valence-electron chi connectivity index (χ1n) is 18.1. The summed E-state index contributed by atoms with van der Waals surface area (Å²) in [6.45, 7) is 3.81. The van der Waals surface area contributed by atoms with Crippen molar-refractivity contribution in [3.05, 3.63) is 130 Å². The Morgan fingerprint density at radius 2 is 1.69 bits per heavy atom. The fourth-order valence-corrected chi connectivity index (χ4v) is 7.99. The number of morpholine rings is 1. The molecule has 2 aliphatic rings. The lowest BCUT2D eigenvalue weighted by Crippen LogP contribution is -2.52. The van der Waals surface area contributed by atoms with E-state index in [2.05, 4.69) is 16.0 Å². The Morgan fingerprint density at radius 3 is 2.44 bits per heavy atom. The van der Waals surface area contributed by atoms with Gasteiger partial charge in [0.05, 0.1) is 36.4 Å². The molecule has 0 saturated carbocycles. The van der Waals surface area contributed by atoms with Gasteiger partial charge in [-0.15, -0.1) is 0 Å². The van der Waals surface area contributed by atoms with Crippen LogP contribution >= 0.6 is 11.6 Å². The van der Waals surface area contributed by atoms with Gasteiger partial charge in [0.1, 0.15) is 11.4 Å². The van der Waals surface area contributed by atoms with Crippen molar-refractivity contribution < 1.29 is 28.2 Å². The van der Waals surface area contributed by atoms with Crippen LogP contribution in [0.2, 0.25) is 5.02 Å². The van der Waals surface area contributed by atoms with E-state index in [0.29, 0.717) is 60.3 Å². The fraction of sp³-hybridized carbons (Fsp3) is 0.262. The van der Waals surface area contributed by atoms with E-state index in [1.807, 2.05) is 47.0 Å². The first kappa shape index (κ1) is 36.4. The number of aromatic hydroxyl groups is 1. The number of benzene rings is 3. The highest BCUT2D eigenvalue weighted by Gasteiger charge is 2.35. The second kappa shape index (κ2) is 14.9. The average molecular weight is 765 g/mol. The summed E-state index contributed by atoms with van der Waals surface area (Å²) in [5.74, 6) is -1.03. The molecule has 0 radical (unpaired) electrons. The van der Waals surface area contributed by atoms with Crippen LogP contribution in [-0.4, -0.2) is 79.7 Å². The average Bonchev–Trinajstić information content (AvgIpc) is 3.74. The Balaban J connectivity index is 1.22. The zero-order valence-electron chi connectivity index (χ0n) is 30.3. The third-order valence-corrected chi connectivity index (χ3v) is 10.9. The van der Waals surface area contributed by atoms with Crippen LogP contribution in [0, 0.1) is 0 Å². The van der Waals surface area contributed by atoms with Crippen LogP contribution in [0.4, 0.5) is 20.2 Å². The molecule has 6 aromatic rings. The van der Waals surface area contributed by atoms with Gasteiger partial charge in [-0.2, -0.15) is 0 Å². The van der Waals surface area contributed by atoms with Gasteiger partial charge < -0.3 is 23.9 Å². The number of halogens is 3. The summed E-state index contributed by atoms with van der Waals surface area (Å²) in [4.78, 5) is 39.6. The van der Waals surface area contributed by atoms with Crippen LogP contribution in [0.5, 0.6) is 5.75 Å². The largest absolute Gasteiger partial charge is 0.508 e. The van der Waals surface area contributed by atoms with E-state index in [9.17, 15) is 14.7 Å². The number of carbonyl (C=O) groups excluding carboxylic acids is 2. The second-order valence-corrected chi connectivity index (χ2v) is 14.5. The molecule has 8 rings (SSSR count). The topological polar surface area (TPSA) is 96.1 Å². The van der Waals surface area contributed by atoms with E-state index in [0.717, 1.165) is 24.0 Å². The third-order valence-electron chi connectivity index (χ3n) is 10.7. The molecule has 2 amide bonds. The first-order chi connectivity index (χ1) is 26.6. The minimum absolute atomic E-state index is 0.0226. The molecule has 13 heteroatoms. The van der Waals surface area contributed by atoms with E-state index in [1.165, 1.54) is 58.6 Å². The molecule has 0 bridgehead atoms. The quantitative estimate of drug-likeness (QED) is 0.170. The summed E-state index contributed by atoms with van der Waals surface area (Å²) in [5.41, 5.74) is 3.66. The maximum absolute atomic E-state index is 15.2. The first-order valence-corrected chi connectivity index (χ1v) is 18.4. The number of alkyl halides is 2. The molecule has 282 valence electrons. The zero-order chi connectivity index (χ0) is 38.4. The third kappa shape index (κ3) is 6.97. The molecular weight excluding hydrogens is 726 g/mol. The molecule has 1 N–H and O–H groups in total. The number of hydrogen-bond donors (Lipinski definition) is 1. The highest BCUT2D eigenvalue weighted by Crippen LogP contribution is 2.39. The lowest BCUT2D eigenvalue weighted by molar-refractivity contribution is 0.0193. The van der Waals surface area contributed by atoms with Gasteiger partial charge in [0.25, 0.3) is 18.2 Å². The minimum atomic E-state index is -3.05. The van der Waals surface area contributed by atoms with E-state index in [-0.39, 0.29) is 34.5 Å². The highest BCUT2D eigenvalue weighted by molar-refractivity contribution is 6.31. The molecule has 1 atom stereocenters. The van der Waals surface area contributed by atoms with Crippen molar-refractivity contribution in [3.8, 4) is 17.0 Å². The van der Waals surface area contributed by atoms with E-state index < -0.39 is 18.0 Å². The predicted molar refractivity (Wildman–Crippen MR) is 207 cm³/mol. The monoisotopic (exact) mass is 764 g/mol. The van der Waals surface area contributed by atoms with Crippen molar-refractivity contribution in [2.24, 2.45) is 14.1 Å². The van der Waals surface area contributed by atoms with Crippen LogP contribution in [0.1, 0.15) is 44.0 Å². The number of phenols is 1. The van der Waals surface area contributed by atoms with Gasteiger partial charge in [-0.1, -0.05) is 35.9 Å². The van der Waals surface area contributed by atoms with E-state index in [4.69, 9.17) is 16.3 Å². The zero-order valence-corrected chi connectivity index (χ0v) is 31.1.